The second kappa shape index (κ2) is 12.2. The van der Waals surface area contributed by atoms with Crippen LogP contribution in [-0.4, -0.2) is 22.2 Å². The predicted octanol–water partition coefficient (Wildman–Crippen LogP) is 10.3. The van der Waals surface area contributed by atoms with Crippen molar-refractivity contribution in [2.75, 3.05) is 0 Å². The highest BCUT2D eigenvalue weighted by Crippen LogP contribution is 2.41. The van der Waals surface area contributed by atoms with Crippen molar-refractivity contribution >= 4 is 55.0 Å². The van der Waals surface area contributed by atoms with E-state index in [1.54, 1.807) is 12.1 Å². The number of hydrogen-bond donors (Lipinski definition) is 2. The molecule has 0 aromatic heterocycles. The lowest BCUT2D eigenvalue weighted by atomic mass is 9.87. The molecule has 0 heterocycles. The van der Waals surface area contributed by atoms with Gasteiger partial charge in [-0.2, -0.15) is 0 Å². The summed E-state index contributed by atoms with van der Waals surface area (Å²) in [6, 6.07) is 18.1. The molecular weight excluding hydrogens is 496 g/mol. The van der Waals surface area contributed by atoms with Gasteiger partial charge in [0.2, 0.25) is 0 Å². The fourth-order valence-electron chi connectivity index (χ4n) is 6.70. The van der Waals surface area contributed by atoms with Crippen LogP contribution in [0.2, 0.25) is 0 Å². The molecule has 0 aliphatic heterocycles. The Balaban J connectivity index is 0.000000188. The average Bonchev–Trinajstić information content (AvgIpc) is 2.96. The number of carbonyl (C=O) groups is 2. The first-order chi connectivity index (χ1) is 19.4. The fraction of sp³-hybridized carbons (Fsp3) is 0.389. The van der Waals surface area contributed by atoms with Gasteiger partial charge in [-0.15, -0.1) is 0 Å². The summed E-state index contributed by atoms with van der Waals surface area (Å²) in [4.78, 5) is 23.3. The van der Waals surface area contributed by atoms with Crippen molar-refractivity contribution in [1.29, 1.82) is 0 Å². The molecule has 0 atom stereocenters. The average molecular weight is 537 g/mol. The normalized spacial score (nSPS) is 16.4. The van der Waals surface area contributed by atoms with Crippen molar-refractivity contribution in [1.82, 2.24) is 0 Å². The summed E-state index contributed by atoms with van der Waals surface area (Å²) in [6.07, 6.45) is 14.9. The third kappa shape index (κ3) is 5.63. The molecule has 0 amide bonds. The molecule has 2 aliphatic rings. The van der Waals surface area contributed by atoms with Gasteiger partial charge in [0.25, 0.3) is 0 Å². The lowest BCUT2D eigenvalue weighted by Crippen LogP contribution is -2.00. The van der Waals surface area contributed by atoms with E-state index in [-0.39, 0.29) is 11.1 Å². The smallest absolute Gasteiger partial charge is 0.336 e. The van der Waals surface area contributed by atoms with Crippen LogP contribution in [0.3, 0.4) is 0 Å². The monoisotopic (exact) mass is 536 g/mol. The molecule has 208 valence electrons. The molecule has 7 rings (SSSR count). The number of carboxylic acids is 2. The molecule has 5 aromatic carbocycles. The molecule has 2 saturated carbocycles. The van der Waals surface area contributed by atoms with E-state index in [4.69, 9.17) is 0 Å². The fourth-order valence-corrected chi connectivity index (χ4v) is 6.70. The van der Waals surface area contributed by atoms with Crippen LogP contribution in [0.25, 0.3) is 43.1 Å². The zero-order chi connectivity index (χ0) is 28.2. The molecule has 2 fully saturated rings. The van der Waals surface area contributed by atoms with Crippen molar-refractivity contribution in [3.8, 4) is 0 Å². The van der Waals surface area contributed by atoms with Crippen LogP contribution in [0.4, 0.5) is 0 Å². The van der Waals surface area contributed by atoms with Gasteiger partial charge in [-0.05, 0) is 67.1 Å². The first kappa shape index (κ1) is 27.9. The zero-order valence-corrected chi connectivity index (χ0v) is 23.7. The van der Waals surface area contributed by atoms with Crippen molar-refractivity contribution in [2.24, 2.45) is 11.8 Å². The Kier molecular flexibility index (Phi) is 8.54. The zero-order valence-electron chi connectivity index (χ0n) is 23.7. The van der Waals surface area contributed by atoms with E-state index >= 15 is 0 Å². The maximum absolute atomic E-state index is 11.6. The van der Waals surface area contributed by atoms with E-state index in [1.165, 1.54) is 64.2 Å². The summed E-state index contributed by atoms with van der Waals surface area (Å²) < 4.78 is 0. The highest BCUT2D eigenvalue weighted by Gasteiger charge is 2.19. The number of benzene rings is 5. The van der Waals surface area contributed by atoms with Crippen LogP contribution in [0, 0.1) is 11.8 Å². The quantitative estimate of drug-likeness (QED) is 0.174. The van der Waals surface area contributed by atoms with Gasteiger partial charge in [-0.25, -0.2) is 9.59 Å². The molecule has 2 N–H and O–H groups in total. The van der Waals surface area contributed by atoms with Crippen LogP contribution in [0.15, 0.2) is 60.7 Å². The molecule has 4 nitrogen and oxygen atoms in total. The highest BCUT2D eigenvalue weighted by atomic mass is 16.4. The van der Waals surface area contributed by atoms with Gasteiger partial charge in [0, 0.05) is 0 Å². The van der Waals surface area contributed by atoms with E-state index in [1.807, 2.05) is 48.5 Å². The topological polar surface area (TPSA) is 74.6 Å². The van der Waals surface area contributed by atoms with Gasteiger partial charge in [-0.3, -0.25) is 0 Å². The maximum Gasteiger partial charge on any atom is 0.336 e. The van der Waals surface area contributed by atoms with Crippen LogP contribution in [0.5, 0.6) is 0 Å². The lowest BCUT2D eigenvalue weighted by Gasteiger charge is -2.16. The van der Waals surface area contributed by atoms with E-state index in [0.29, 0.717) is 10.8 Å². The molecule has 0 bridgehead atoms. The number of carboxylic acid groups (broad SMARTS) is 2. The van der Waals surface area contributed by atoms with Crippen LogP contribution in [0.1, 0.15) is 98.8 Å². The molecule has 4 heteroatoms. The Labute approximate surface area is 236 Å². The highest BCUT2D eigenvalue weighted by molar-refractivity contribution is 6.35. The molecule has 0 saturated heterocycles. The number of aromatic carboxylic acids is 2. The van der Waals surface area contributed by atoms with Crippen LogP contribution >= 0.6 is 0 Å². The molecule has 0 spiro atoms. The van der Waals surface area contributed by atoms with Crippen molar-refractivity contribution in [3.63, 3.8) is 0 Å². The van der Waals surface area contributed by atoms with E-state index in [9.17, 15) is 19.8 Å². The van der Waals surface area contributed by atoms with Gasteiger partial charge in [0.05, 0.1) is 11.1 Å². The third-order valence-corrected chi connectivity index (χ3v) is 8.91. The Morgan fingerprint density at radius 2 is 0.825 bits per heavy atom. The van der Waals surface area contributed by atoms with Crippen LogP contribution < -0.4 is 0 Å². The first-order valence-corrected chi connectivity index (χ1v) is 15.0. The minimum Gasteiger partial charge on any atom is -0.478 e. The summed E-state index contributed by atoms with van der Waals surface area (Å²) in [6.45, 7) is 4.72. The van der Waals surface area contributed by atoms with Crippen LogP contribution in [-0.2, 0) is 0 Å². The SMILES string of the molecule is CC1CCCCC1.CC1CCCCC1.O=C(O)c1ccc2c3cccc4c(C(=O)O)ccc(c5cccc1c52)c43. The molecule has 40 heavy (non-hydrogen) atoms. The molecule has 2 aliphatic carbocycles. The minimum atomic E-state index is -0.959. The van der Waals surface area contributed by atoms with Gasteiger partial charge >= 0.3 is 11.9 Å². The Hall–Kier alpha value is -3.66. The van der Waals surface area contributed by atoms with Gasteiger partial charge in [-0.1, -0.05) is 127 Å². The molecular formula is C36H40O4. The van der Waals surface area contributed by atoms with E-state index in [2.05, 4.69) is 13.8 Å². The number of rotatable bonds is 2. The lowest BCUT2D eigenvalue weighted by molar-refractivity contribution is 0.0688. The second-order valence-electron chi connectivity index (χ2n) is 11.9. The van der Waals surface area contributed by atoms with Crippen molar-refractivity contribution in [2.45, 2.75) is 78.1 Å². The standard InChI is InChI=1S/C22H12O4.2C7H14/c23-21(24)17-9-8-16-12-4-2-6-14-18(22(25)26)10-7-15(20(12)14)11-3-1-5-13(17)19(11)16;2*1-7-5-3-2-4-6-7/h1-10H,(H,23,24)(H,25,26);2*7H,2-6H2,1H3. The van der Waals surface area contributed by atoms with Gasteiger partial charge in [0.15, 0.2) is 0 Å². The van der Waals surface area contributed by atoms with Crippen molar-refractivity contribution < 1.29 is 19.8 Å². The summed E-state index contributed by atoms with van der Waals surface area (Å²) in [5.74, 6) is 0.153. The number of fused-ring (bicyclic) bond motifs is 2. The Morgan fingerprint density at radius 3 is 1.12 bits per heavy atom. The van der Waals surface area contributed by atoms with E-state index in [0.717, 1.165) is 44.2 Å². The predicted molar refractivity (Wildman–Crippen MR) is 166 cm³/mol. The first-order valence-electron chi connectivity index (χ1n) is 15.0. The Bertz CT molecular complexity index is 1490. The molecule has 5 aromatic rings. The van der Waals surface area contributed by atoms with E-state index < -0.39 is 11.9 Å². The summed E-state index contributed by atoms with van der Waals surface area (Å²) in [7, 11) is 0. The summed E-state index contributed by atoms with van der Waals surface area (Å²) >= 11 is 0. The van der Waals surface area contributed by atoms with Gasteiger partial charge < -0.3 is 10.2 Å². The summed E-state index contributed by atoms with van der Waals surface area (Å²) in [5, 5.41) is 26.0. The molecule has 0 unspecified atom stereocenters. The largest absolute Gasteiger partial charge is 0.478 e. The second-order valence-corrected chi connectivity index (χ2v) is 11.9. The maximum atomic E-state index is 11.6. The van der Waals surface area contributed by atoms with Gasteiger partial charge in [0.1, 0.15) is 0 Å². The Morgan fingerprint density at radius 1 is 0.500 bits per heavy atom. The third-order valence-electron chi connectivity index (χ3n) is 8.91. The molecule has 0 radical (unpaired) electrons. The minimum absolute atomic E-state index is 0.267. The summed E-state index contributed by atoms with van der Waals surface area (Å²) in [5.41, 5.74) is 0.534. The number of hydrogen-bond acceptors (Lipinski definition) is 2. The van der Waals surface area contributed by atoms with Crippen molar-refractivity contribution in [3.05, 3.63) is 71.8 Å².